The number of pyridine rings is 1. The Labute approximate surface area is 124 Å². The Balaban J connectivity index is 2.53. The van der Waals surface area contributed by atoms with E-state index in [0.717, 1.165) is 4.88 Å². The first kappa shape index (κ1) is 15.0. The Morgan fingerprint density at radius 1 is 1.14 bits per heavy atom. The first-order valence-electron chi connectivity index (χ1n) is 6.00. The fourth-order valence-corrected chi connectivity index (χ4v) is 2.53. The van der Waals surface area contributed by atoms with E-state index in [4.69, 9.17) is 0 Å². The van der Waals surface area contributed by atoms with Crippen molar-refractivity contribution in [3.63, 3.8) is 0 Å². The average molecular weight is 307 g/mol. The lowest BCUT2D eigenvalue weighted by atomic mass is 10.2. The average Bonchev–Trinajstić information content (AvgIpc) is 3.00. The molecular formula is C14H13NO5S. The second-order valence-corrected chi connectivity index (χ2v) is 5.18. The number of hydrogen-bond acceptors (Lipinski definition) is 6. The molecule has 2 heterocycles. The molecule has 0 bridgehead atoms. The highest BCUT2D eigenvalue weighted by molar-refractivity contribution is 7.09. The molecule has 0 spiro atoms. The van der Waals surface area contributed by atoms with Crippen molar-refractivity contribution in [3.05, 3.63) is 56.1 Å². The minimum absolute atomic E-state index is 0.197. The van der Waals surface area contributed by atoms with E-state index in [0.29, 0.717) is 6.54 Å². The number of thiophene rings is 1. The Morgan fingerprint density at radius 2 is 1.71 bits per heavy atom. The van der Waals surface area contributed by atoms with Crippen molar-refractivity contribution in [2.75, 3.05) is 14.2 Å². The molecule has 0 radical (unpaired) electrons. The Bertz CT molecular complexity index is 677. The van der Waals surface area contributed by atoms with E-state index in [2.05, 4.69) is 9.47 Å². The first-order valence-corrected chi connectivity index (χ1v) is 6.88. The smallest absolute Gasteiger partial charge is 0.343 e. The van der Waals surface area contributed by atoms with Gasteiger partial charge in [0.2, 0.25) is 5.43 Å². The Hall–Kier alpha value is -2.41. The van der Waals surface area contributed by atoms with E-state index in [-0.39, 0.29) is 11.1 Å². The summed E-state index contributed by atoms with van der Waals surface area (Å²) in [6, 6.07) is 3.81. The maximum absolute atomic E-state index is 12.1. The van der Waals surface area contributed by atoms with Crippen LogP contribution in [0.5, 0.6) is 0 Å². The standard InChI is InChI=1S/C14H13NO5S/c1-19-13(17)10-7-15(6-9-4-3-5-21-9)8-11(12(10)16)14(18)20-2/h3-5,7-8H,6H2,1-2H3. The third kappa shape index (κ3) is 3.19. The van der Waals surface area contributed by atoms with Crippen molar-refractivity contribution in [1.29, 1.82) is 0 Å². The molecule has 0 aliphatic rings. The van der Waals surface area contributed by atoms with E-state index in [1.54, 1.807) is 4.57 Å². The molecule has 21 heavy (non-hydrogen) atoms. The van der Waals surface area contributed by atoms with Crippen LogP contribution < -0.4 is 5.43 Å². The van der Waals surface area contributed by atoms with Crippen LogP contribution in [0.15, 0.2) is 34.7 Å². The molecule has 2 rings (SSSR count). The number of carbonyl (C=O) groups excluding carboxylic acids is 2. The zero-order chi connectivity index (χ0) is 15.4. The predicted molar refractivity (Wildman–Crippen MR) is 76.8 cm³/mol. The van der Waals surface area contributed by atoms with Gasteiger partial charge in [0.1, 0.15) is 11.1 Å². The third-order valence-corrected chi connectivity index (χ3v) is 3.67. The highest BCUT2D eigenvalue weighted by Crippen LogP contribution is 2.11. The highest BCUT2D eigenvalue weighted by atomic mass is 32.1. The monoisotopic (exact) mass is 307 g/mol. The Morgan fingerprint density at radius 3 is 2.14 bits per heavy atom. The summed E-state index contributed by atoms with van der Waals surface area (Å²) >= 11 is 1.53. The number of carbonyl (C=O) groups is 2. The van der Waals surface area contributed by atoms with E-state index < -0.39 is 17.4 Å². The highest BCUT2D eigenvalue weighted by Gasteiger charge is 2.20. The molecule has 0 aromatic carbocycles. The third-order valence-electron chi connectivity index (χ3n) is 2.81. The van der Waals surface area contributed by atoms with Crippen molar-refractivity contribution in [2.45, 2.75) is 6.54 Å². The predicted octanol–water partition coefficient (Wildman–Crippen LogP) is 1.53. The molecule has 0 saturated carbocycles. The lowest BCUT2D eigenvalue weighted by Crippen LogP contribution is -2.26. The molecular weight excluding hydrogens is 294 g/mol. The summed E-state index contributed by atoms with van der Waals surface area (Å²) in [6.45, 7) is 0.436. The van der Waals surface area contributed by atoms with Crippen LogP contribution in [0.2, 0.25) is 0 Å². The van der Waals surface area contributed by atoms with Gasteiger partial charge in [0.25, 0.3) is 0 Å². The van der Waals surface area contributed by atoms with Crippen molar-refractivity contribution in [3.8, 4) is 0 Å². The fourth-order valence-electron chi connectivity index (χ4n) is 1.82. The SMILES string of the molecule is COC(=O)c1cn(Cc2cccs2)cc(C(=O)OC)c1=O. The maximum Gasteiger partial charge on any atom is 0.343 e. The summed E-state index contributed by atoms with van der Waals surface area (Å²) in [4.78, 5) is 36.5. The van der Waals surface area contributed by atoms with Gasteiger partial charge in [0.15, 0.2) is 0 Å². The molecule has 0 amide bonds. The van der Waals surface area contributed by atoms with E-state index >= 15 is 0 Å². The van der Waals surface area contributed by atoms with Gasteiger partial charge >= 0.3 is 11.9 Å². The molecule has 0 N–H and O–H groups in total. The number of rotatable bonds is 4. The van der Waals surface area contributed by atoms with Gasteiger partial charge in [0.05, 0.1) is 20.8 Å². The van der Waals surface area contributed by atoms with Gasteiger partial charge in [-0.05, 0) is 11.4 Å². The van der Waals surface area contributed by atoms with Gasteiger partial charge in [-0.3, -0.25) is 4.79 Å². The van der Waals surface area contributed by atoms with Crippen molar-refractivity contribution < 1.29 is 19.1 Å². The van der Waals surface area contributed by atoms with Crippen LogP contribution >= 0.6 is 11.3 Å². The molecule has 0 aliphatic carbocycles. The fraction of sp³-hybridized carbons (Fsp3) is 0.214. The molecule has 0 saturated heterocycles. The number of ether oxygens (including phenoxy) is 2. The van der Waals surface area contributed by atoms with Crippen LogP contribution in [0, 0.1) is 0 Å². The minimum Gasteiger partial charge on any atom is -0.465 e. The number of aromatic nitrogens is 1. The van der Waals surface area contributed by atoms with Crippen LogP contribution in [0.1, 0.15) is 25.6 Å². The van der Waals surface area contributed by atoms with Gasteiger partial charge < -0.3 is 14.0 Å². The van der Waals surface area contributed by atoms with Crippen molar-refractivity contribution in [1.82, 2.24) is 4.57 Å². The lowest BCUT2D eigenvalue weighted by Gasteiger charge is -2.09. The minimum atomic E-state index is -0.786. The molecule has 6 nitrogen and oxygen atoms in total. The van der Waals surface area contributed by atoms with Crippen LogP contribution in [0.3, 0.4) is 0 Å². The second kappa shape index (κ2) is 6.36. The summed E-state index contributed by atoms with van der Waals surface area (Å²) < 4.78 is 10.7. The normalized spacial score (nSPS) is 10.2. The van der Waals surface area contributed by atoms with Crippen LogP contribution in [0.25, 0.3) is 0 Å². The van der Waals surface area contributed by atoms with Gasteiger partial charge in [-0.1, -0.05) is 6.07 Å². The molecule has 0 aliphatic heterocycles. The van der Waals surface area contributed by atoms with E-state index in [9.17, 15) is 14.4 Å². The summed E-state index contributed by atoms with van der Waals surface area (Å²) in [5, 5.41) is 1.92. The van der Waals surface area contributed by atoms with Gasteiger partial charge in [-0.25, -0.2) is 9.59 Å². The zero-order valence-electron chi connectivity index (χ0n) is 11.5. The van der Waals surface area contributed by atoms with Gasteiger partial charge in [-0.2, -0.15) is 0 Å². The van der Waals surface area contributed by atoms with Crippen LogP contribution in [-0.2, 0) is 16.0 Å². The molecule has 7 heteroatoms. The summed E-state index contributed by atoms with van der Waals surface area (Å²) in [5.41, 5.74) is -1.09. The quantitative estimate of drug-likeness (QED) is 0.801. The molecule has 2 aromatic rings. The maximum atomic E-state index is 12.1. The first-order chi connectivity index (χ1) is 10.1. The zero-order valence-corrected chi connectivity index (χ0v) is 12.3. The van der Waals surface area contributed by atoms with Gasteiger partial charge in [0, 0.05) is 17.3 Å². The van der Waals surface area contributed by atoms with Crippen molar-refractivity contribution >= 4 is 23.3 Å². The van der Waals surface area contributed by atoms with Crippen LogP contribution in [0.4, 0.5) is 0 Å². The van der Waals surface area contributed by atoms with Crippen molar-refractivity contribution in [2.24, 2.45) is 0 Å². The number of methoxy groups -OCH3 is 2. The molecule has 0 atom stereocenters. The second-order valence-electron chi connectivity index (χ2n) is 4.15. The lowest BCUT2D eigenvalue weighted by molar-refractivity contribution is 0.0594. The molecule has 2 aromatic heterocycles. The number of esters is 2. The topological polar surface area (TPSA) is 74.6 Å². The largest absolute Gasteiger partial charge is 0.465 e. The van der Waals surface area contributed by atoms with Gasteiger partial charge in [-0.15, -0.1) is 11.3 Å². The molecule has 110 valence electrons. The number of hydrogen-bond donors (Lipinski definition) is 0. The van der Waals surface area contributed by atoms with E-state index in [1.807, 2.05) is 17.5 Å². The summed E-state index contributed by atoms with van der Waals surface area (Å²) in [7, 11) is 2.35. The Kier molecular flexibility index (Phi) is 4.54. The molecule has 0 fully saturated rings. The molecule has 0 unspecified atom stereocenters. The van der Waals surface area contributed by atoms with Crippen LogP contribution in [-0.4, -0.2) is 30.7 Å². The summed E-state index contributed by atoms with van der Waals surface area (Å²) in [6.07, 6.45) is 2.75. The van der Waals surface area contributed by atoms with E-state index in [1.165, 1.54) is 38.0 Å². The summed E-state index contributed by atoms with van der Waals surface area (Å²) in [5.74, 6) is -1.57. The number of nitrogens with zero attached hydrogens (tertiary/aromatic N) is 1.